The molecule has 118 valence electrons. The van der Waals surface area contributed by atoms with E-state index in [2.05, 4.69) is 15.5 Å². The Morgan fingerprint density at radius 1 is 0.917 bits per heavy atom. The van der Waals surface area contributed by atoms with E-state index in [1.807, 2.05) is 0 Å². The molecule has 7 nitrogen and oxygen atoms in total. The van der Waals surface area contributed by atoms with Gasteiger partial charge in [-0.1, -0.05) is 24.3 Å². The molecule has 0 bridgehead atoms. The van der Waals surface area contributed by atoms with Crippen molar-refractivity contribution >= 4 is 11.6 Å². The fourth-order valence-corrected chi connectivity index (χ4v) is 2.91. The molecule has 3 aromatic rings. The number of tetrazole rings is 1. The second-order valence-electron chi connectivity index (χ2n) is 5.48. The van der Waals surface area contributed by atoms with Gasteiger partial charge in [0.1, 0.15) is 0 Å². The Morgan fingerprint density at radius 3 is 2.29 bits per heavy atom. The predicted molar refractivity (Wildman–Crippen MR) is 85.2 cm³/mol. The van der Waals surface area contributed by atoms with Crippen LogP contribution in [0.3, 0.4) is 0 Å². The van der Waals surface area contributed by atoms with Crippen LogP contribution in [-0.2, 0) is 6.42 Å². The number of benzene rings is 2. The van der Waals surface area contributed by atoms with Crippen LogP contribution in [0.2, 0.25) is 0 Å². The second-order valence-corrected chi connectivity index (χ2v) is 5.48. The molecule has 0 unspecified atom stereocenters. The van der Waals surface area contributed by atoms with E-state index in [1.165, 1.54) is 4.68 Å². The lowest BCUT2D eigenvalue weighted by atomic mass is 9.84. The number of nitrogens with two attached hydrogens (primary N) is 1. The van der Waals surface area contributed by atoms with Crippen LogP contribution in [0.1, 0.15) is 37.7 Å². The van der Waals surface area contributed by atoms with E-state index in [0.29, 0.717) is 46.7 Å². The number of ketones is 2. The molecule has 2 aromatic carbocycles. The molecule has 0 saturated heterocycles. The van der Waals surface area contributed by atoms with Crippen LogP contribution >= 0.6 is 0 Å². The minimum atomic E-state index is -0.171. The molecule has 0 saturated carbocycles. The van der Waals surface area contributed by atoms with E-state index in [9.17, 15) is 9.59 Å². The number of rotatable bonds is 3. The van der Waals surface area contributed by atoms with Crippen LogP contribution in [0, 0.1) is 0 Å². The Hall–Kier alpha value is -3.19. The number of hydrogen-bond acceptors (Lipinski definition) is 6. The average molecular weight is 319 g/mol. The first-order chi connectivity index (χ1) is 11.7. The number of carbonyl (C=O) groups is 2. The summed E-state index contributed by atoms with van der Waals surface area (Å²) in [6, 6.07) is 11.9. The number of carbonyl (C=O) groups excluding carboxylic acids is 2. The lowest BCUT2D eigenvalue weighted by molar-refractivity contribution is 0.0979. The van der Waals surface area contributed by atoms with Gasteiger partial charge in [0.2, 0.25) is 0 Å². The fraction of sp³-hybridized carbons (Fsp3) is 0.118. The summed E-state index contributed by atoms with van der Waals surface area (Å²) in [6.07, 6.45) is 0.514. The van der Waals surface area contributed by atoms with Crippen molar-refractivity contribution in [3.05, 3.63) is 70.5 Å². The normalized spacial score (nSPS) is 12.9. The Balaban J connectivity index is 1.85. The van der Waals surface area contributed by atoms with Crippen molar-refractivity contribution in [3.63, 3.8) is 0 Å². The summed E-state index contributed by atoms with van der Waals surface area (Å²) in [6.45, 7) is 0.413. The number of fused-ring (bicyclic) bond motifs is 2. The maximum absolute atomic E-state index is 12.8. The van der Waals surface area contributed by atoms with Crippen molar-refractivity contribution in [3.8, 4) is 5.69 Å². The second kappa shape index (κ2) is 5.47. The molecule has 1 aromatic heterocycles. The molecule has 0 aliphatic heterocycles. The Labute approximate surface area is 137 Å². The van der Waals surface area contributed by atoms with Crippen LogP contribution in [0.4, 0.5) is 0 Å². The van der Waals surface area contributed by atoms with Crippen LogP contribution in [0.25, 0.3) is 5.69 Å². The molecule has 24 heavy (non-hydrogen) atoms. The van der Waals surface area contributed by atoms with Crippen molar-refractivity contribution in [1.29, 1.82) is 0 Å². The first kappa shape index (κ1) is 14.4. The molecule has 1 aliphatic carbocycles. The van der Waals surface area contributed by atoms with Gasteiger partial charge in [0.05, 0.1) is 5.69 Å². The quantitative estimate of drug-likeness (QED) is 0.602. The molecular formula is C17H13N5O2. The van der Waals surface area contributed by atoms with E-state index < -0.39 is 0 Å². The molecule has 7 heteroatoms. The predicted octanol–water partition coefficient (Wildman–Crippen LogP) is 0.939. The van der Waals surface area contributed by atoms with Crippen molar-refractivity contribution in [1.82, 2.24) is 20.2 Å². The molecular weight excluding hydrogens is 306 g/mol. The van der Waals surface area contributed by atoms with E-state index in [-0.39, 0.29) is 11.6 Å². The minimum Gasteiger partial charge on any atom is -0.330 e. The Morgan fingerprint density at radius 2 is 1.58 bits per heavy atom. The van der Waals surface area contributed by atoms with E-state index >= 15 is 0 Å². The molecule has 0 atom stereocenters. The first-order valence-corrected chi connectivity index (χ1v) is 7.51. The Bertz CT molecular complexity index is 977. The highest BCUT2D eigenvalue weighted by molar-refractivity contribution is 6.28. The summed E-state index contributed by atoms with van der Waals surface area (Å²) < 4.78 is 1.53. The van der Waals surface area contributed by atoms with Crippen molar-refractivity contribution in [2.24, 2.45) is 5.73 Å². The van der Waals surface area contributed by atoms with Crippen molar-refractivity contribution in [2.45, 2.75) is 6.42 Å². The van der Waals surface area contributed by atoms with Gasteiger partial charge in [-0.3, -0.25) is 9.59 Å². The van der Waals surface area contributed by atoms with E-state index in [1.54, 1.807) is 42.5 Å². The number of aromatic nitrogens is 4. The molecule has 2 N–H and O–H groups in total. The van der Waals surface area contributed by atoms with Gasteiger partial charge in [0.15, 0.2) is 17.4 Å². The van der Waals surface area contributed by atoms with Gasteiger partial charge in [-0.25, -0.2) is 0 Å². The summed E-state index contributed by atoms with van der Waals surface area (Å²) in [5, 5.41) is 11.5. The van der Waals surface area contributed by atoms with Crippen LogP contribution in [0.5, 0.6) is 0 Å². The molecule has 0 amide bonds. The number of hydrogen-bond donors (Lipinski definition) is 1. The smallest absolute Gasteiger partial charge is 0.194 e. The van der Waals surface area contributed by atoms with Crippen molar-refractivity contribution < 1.29 is 9.59 Å². The largest absolute Gasteiger partial charge is 0.330 e. The summed E-state index contributed by atoms with van der Waals surface area (Å²) in [5.41, 5.74) is 7.82. The molecule has 1 aliphatic rings. The summed E-state index contributed by atoms with van der Waals surface area (Å²) >= 11 is 0. The topological polar surface area (TPSA) is 104 Å². The molecule has 0 radical (unpaired) electrons. The maximum atomic E-state index is 12.8. The zero-order chi connectivity index (χ0) is 16.7. The monoisotopic (exact) mass is 319 g/mol. The minimum absolute atomic E-state index is 0.148. The third kappa shape index (κ3) is 2.06. The zero-order valence-electron chi connectivity index (χ0n) is 12.6. The van der Waals surface area contributed by atoms with Crippen LogP contribution < -0.4 is 5.73 Å². The van der Waals surface area contributed by atoms with Crippen molar-refractivity contribution in [2.75, 3.05) is 6.54 Å². The van der Waals surface area contributed by atoms with Crippen LogP contribution in [0.15, 0.2) is 42.5 Å². The molecule has 4 rings (SSSR count). The molecule has 1 heterocycles. The van der Waals surface area contributed by atoms with Gasteiger partial charge in [0.25, 0.3) is 0 Å². The van der Waals surface area contributed by atoms with E-state index in [0.717, 1.165) is 0 Å². The molecule has 0 fully saturated rings. The van der Waals surface area contributed by atoms with Gasteiger partial charge in [-0.15, -0.1) is 5.10 Å². The zero-order valence-corrected chi connectivity index (χ0v) is 12.6. The highest BCUT2D eigenvalue weighted by Crippen LogP contribution is 2.28. The summed E-state index contributed by atoms with van der Waals surface area (Å²) in [7, 11) is 0. The highest BCUT2D eigenvalue weighted by Gasteiger charge is 2.29. The SMILES string of the molecule is NCCc1nnnn1-c1ccc2c(c1)C(=O)c1ccccc1C2=O. The lowest BCUT2D eigenvalue weighted by Gasteiger charge is -2.18. The first-order valence-electron chi connectivity index (χ1n) is 7.51. The van der Waals surface area contributed by atoms with Gasteiger partial charge in [-0.2, -0.15) is 4.68 Å². The standard InChI is InChI=1S/C17H13N5O2/c18-8-7-15-19-20-21-22(15)10-5-6-13-14(9-10)17(24)12-4-2-1-3-11(12)16(13)23/h1-6,9H,7-8,18H2. The third-order valence-corrected chi connectivity index (χ3v) is 4.06. The maximum Gasteiger partial charge on any atom is 0.194 e. The van der Waals surface area contributed by atoms with Gasteiger partial charge in [-0.05, 0) is 35.2 Å². The average Bonchev–Trinajstić information content (AvgIpc) is 3.08. The summed E-state index contributed by atoms with van der Waals surface area (Å²) in [5.74, 6) is 0.286. The Kier molecular flexibility index (Phi) is 3.28. The van der Waals surface area contributed by atoms with Crippen LogP contribution in [-0.4, -0.2) is 38.3 Å². The van der Waals surface area contributed by atoms with Gasteiger partial charge >= 0.3 is 0 Å². The van der Waals surface area contributed by atoms with Gasteiger partial charge in [0, 0.05) is 28.7 Å². The number of nitrogens with zero attached hydrogens (tertiary/aromatic N) is 4. The van der Waals surface area contributed by atoms with Gasteiger partial charge < -0.3 is 5.73 Å². The fourth-order valence-electron chi connectivity index (χ4n) is 2.91. The summed E-state index contributed by atoms with van der Waals surface area (Å²) in [4.78, 5) is 25.4. The molecule has 0 spiro atoms. The highest BCUT2D eigenvalue weighted by atomic mass is 16.1. The lowest BCUT2D eigenvalue weighted by Crippen LogP contribution is -2.21. The third-order valence-electron chi connectivity index (χ3n) is 4.06. The van der Waals surface area contributed by atoms with E-state index in [4.69, 9.17) is 5.73 Å².